The second-order valence-corrected chi connectivity index (χ2v) is 7.30. The Morgan fingerprint density at radius 2 is 1.65 bits per heavy atom. The van der Waals surface area contributed by atoms with Gasteiger partial charge in [-0.2, -0.15) is 5.26 Å². The number of nitrogens with zero attached hydrogens (tertiary/aromatic N) is 2. The number of hydrogen-bond donors (Lipinski definition) is 0. The van der Waals surface area contributed by atoms with Crippen molar-refractivity contribution < 1.29 is 0 Å². The van der Waals surface area contributed by atoms with Crippen LogP contribution < -0.4 is 0 Å². The number of hydrogen-bond acceptors (Lipinski definition) is 2. The summed E-state index contributed by atoms with van der Waals surface area (Å²) in [6.07, 6.45) is 13.1. The average molecular weight is 276 g/mol. The molecule has 0 bridgehead atoms. The van der Waals surface area contributed by atoms with Gasteiger partial charge < -0.3 is 0 Å². The lowest BCUT2D eigenvalue weighted by atomic mass is 9.92. The fraction of sp³-hybridized carbons (Fsp3) is 0.944. The van der Waals surface area contributed by atoms with Gasteiger partial charge in [0.1, 0.15) is 0 Å². The first-order valence-corrected chi connectivity index (χ1v) is 8.87. The predicted molar refractivity (Wildman–Crippen MR) is 84.4 cm³/mol. The molecule has 0 N–H and O–H groups in total. The van der Waals surface area contributed by atoms with Crippen LogP contribution in [0.4, 0.5) is 0 Å². The Bertz CT molecular complexity index is 312. The molecule has 2 unspecified atom stereocenters. The Kier molecular flexibility index (Phi) is 6.36. The van der Waals surface area contributed by atoms with Crippen LogP contribution >= 0.6 is 0 Å². The molecule has 20 heavy (non-hydrogen) atoms. The molecule has 2 atom stereocenters. The third kappa shape index (κ3) is 4.22. The van der Waals surface area contributed by atoms with E-state index in [4.69, 9.17) is 0 Å². The lowest BCUT2D eigenvalue weighted by Gasteiger charge is -2.38. The lowest BCUT2D eigenvalue weighted by Crippen LogP contribution is -2.46. The highest BCUT2D eigenvalue weighted by atomic mass is 15.2. The van der Waals surface area contributed by atoms with Crippen molar-refractivity contribution in [1.82, 2.24) is 4.90 Å². The molecule has 2 heteroatoms. The van der Waals surface area contributed by atoms with E-state index in [2.05, 4.69) is 24.8 Å². The van der Waals surface area contributed by atoms with Crippen molar-refractivity contribution in [2.75, 3.05) is 6.54 Å². The molecule has 0 heterocycles. The molecule has 2 fully saturated rings. The van der Waals surface area contributed by atoms with Crippen molar-refractivity contribution in [2.24, 2.45) is 11.8 Å². The Morgan fingerprint density at radius 3 is 2.30 bits per heavy atom. The highest BCUT2D eigenvalue weighted by Crippen LogP contribution is 2.33. The molecule has 0 radical (unpaired) electrons. The topological polar surface area (TPSA) is 27.0 Å². The fourth-order valence-corrected chi connectivity index (χ4v) is 4.10. The van der Waals surface area contributed by atoms with Crippen molar-refractivity contribution in [3.63, 3.8) is 0 Å². The molecule has 0 spiro atoms. The van der Waals surface area contributed by atoms with Gasteiger partial charge in [0.25, 0.3) is 0 Å². The summed E-state index contributed by atoms with van der Waals surface area (Å²) in [5, 5.41) is 9.58. The first-order chi connectivity index (χ1) is 9.72. The standard InChI is InChI=1S/C18H32N2/c1-15(2)12-13-20(17-9-6-7-10-17)18-11-5-3-4-8-16(18)14-19/h15-18H,3-13H2,1-2H3. The van der Waals surface area contributed by atoms with E-state index >= 15 is 0 Å². The van der Waals surface area contributed by atoms with Crippen LogP contribution in [0.25, 0.3) is 0 Å². The molecule has 114 valence electrons. The van der Waals surface area contributed by atoms with Crippen LogP contribution in [0.3, 0.4) is 0 Å². The van der Waals surface area contributed by atoms with Gasteiger partial charge in [-0.1, -0.05) is 46.0 Å². The molecule has 0 amide bonds. The predicted octanol–water partition coefficient (Wildman–Crippen LogP) is 4.75. The van der Waals surface area contributed by atoms with E-state index in [0.717, 1.165) is 18.4 Å². The van der Waals surface area contributed by atoms with E-state index in [9.17, 15) is 5.26 Å². The zero-order valence-corrected chi connectivity index (χ0v) is 13.5. The Balaban J connectivity index is 2.07. The maximum absolute atomic E-state index is 9.58. The van der Waals surface area contributed by atoms with Gasteiger partial charge in [-0.05, 0) is 44.6 Å². The van der Waals surface area contributed by atoms with Crippen molar-refractivity contribution >= 4 is 0 Å². The molecule has 0 aromatic rings. The third-order valence-electron chi connectivity index (χ3n) is 5.33. The number of nitriles is 1. The van der Waals surface area contributed by atoms with E-state index in [-0.39, 0.29) is 5.92 Å². The normalized spacial score (nSPS) is 28.8. The largest absolute Gasteiger partial charge is 0.296 e. The van der Waals surface area contributed by atoms with Crippen LogP contribution in [0.1, 0.15) is 78.1 Å². The molecule has 2 nitrogen and oxygen atoms in total. The van der Waals surface area contributed by atoms with Crippen LogP contribution in [0, 0.1) is 23.2 Å². The second kappa shape index (κ2) is 8.03. The lowest BCUT2D eigenvalue weighted by molar-refractivity contribution is 0.0965. The quantitative estimate of drug-likeness (QED) is 0.678. The molecule has 2 rings (SSSR count). The minimum Gasteiger partial charge on any atom is -0.296 e. The summed E-state index contributed by atoms with van der Waals surface area (Å²) in [5.74, 6) is 1.05. The summed E-state index contributed by atoms with van der Waals surface area (Å²) in [5.41, 5.74) is 0. The highest BCUT2D eigenvalue weighted by Gasteiger charge is 2.34. The molecule has 2 saturated carbocycles. The molecule has 0 aliphatic heterocycles. The van der Waals surface area contributed by atoms with Gasteiger partial charge in [-0.15, -0.1) is 0 Å². The molecule has 0 saturated heterocycles. The average Bonchev–Trinajstić information content (AvgIpc) is 2.85. The Labute approximate surface area is 125 Å². The van der Waals surface area contributed by atoms with Crippen LogP contribution in [0.5, 0.6) is 0 Å². The summed E-state index contributed by atoms with van der Waals surface area (Å²) in [6.45, 7) is 5.86. The summed E-state index contributed by atoms with van der Waals surface area (Å²) in [4.78, 5) is 2.77. The van der Waals surface area contributed by atoms with Gasteiger partial charge in [0.05, 0.1) is 12.0 Å². The van der Waals surface area contributed by atoms with Crippen molar-refractivity contribution in [3.8, 4) is 6.07 Å². The van der Waals surface area contributed by atoms with Crippen LogP contribution in [-0.4, -0.2) is 23.5 Å². The summed E-state index contributed by atoms with van der Waals surface area (Å²) >= 11 is 0. The molecular weight excluding hydrogens is 244 g/mol. The highest BCUT2D eigenvalue weighted by molar-refractivity contribution is 4.97. The SMILES string of the molecule is CC(C)CCN(C1CCCC1)C1CCCCCC1C#N. The van der Waals surface area contributed by atoms with Gasteiger partial charge in [0.2, 0.25) is 0 Å². The molecule has 2 aliphatic rings. The number of rotatable bonds is 5. The Hall–Kier alpha value is -0.550. The van der Waals surface area contributed by atoms with Crippen molar-refractivity contribution in [1.29, 1.82) is 5.26 Å². The van der Waals surface area contributed by atoms with Gasteiger partial charge in [-0.25, -0.2) is 0 Å². The monoisotopic (exact) mass is 276 g/mol. The third-order valence-corrected chi connectivity index (χ3v) is 5.33. The smallest absolute Gasteiger partial charge is 0.0672 e. The van der Waals surface area contributed by atoms with Gasteiger partial charge in [0.15, 0.2) is 0 Å². The Morgan fingerprint density at radius 1 is 1.00 bits per heavy atom. The van der Waals surface area contributed by atoms with Crippen LogP contribution in [-0.2, 0) is 0 Å². The van der Waals surface area contributed by atoms with Crippen LogP contribution in [0.2, 0.25) is 0 Å². The maximum atomic E-state index is 9.58. The zero-order valence-electron chi connectivity index (χ0n) is 13.5. The molecular formula is C18H32N2. The summed E-state index contributed by atoms with van der Waals surface area (Å²) < 4.78 is 0. The molecule has 0 aromatic carbocycles. The van der Waals surface area contributed by atoms with E-state index < -0.39 is 0 Å². The summed E-state index contributed by atoms with van der Waals surface area (Å²) in [6, 6.07) is 3.96. The molecule has 0 aromatic heterocycles. The summed E-state index contributed by atoms with van der Waals surface area (Å²) in [7, 11) is 0. The van der Waals surface area contributed by atoms with Crippen LogP contribution in [0.15, 0.2) is 0 Å². The molecule has 2 aliphatic carbocycles. The van der Waals surface area contributed by atoms with Gasteiger partial charge in [0, 0.05) is 12.1 Å². The van der Waals surface area contributed by atoms with Gasteiger partial charge in [-0.3, -0.25) is 4.90 Å². The van der Waals surface area contributed by atoms with Crippen molar-refractivity contribution in [2.45, 2.75) is 90.1 Å². The van der Waals surface area contributed by atoms with E-state index in [1.165, 1.54) is 64.3 Å². The minimum absolute atomic E-state index is 0.283. The van der Waals surface area contributed by atoms with Crippen molar-refractivity contribution in [3.05, 3.63) is 0 Å². The minimum atomic E-state index is 0.283. The maximum Gasteiger partial charge on any atom is 0.0672 e. The van der Waals surface area contributed by atoms with Gasteiger partial charge >= 0.3 is 0 Å². The first-order valence-electron chi connectivity index (χ1n) is 8.87. The second-order valence-electron chi connectivity index (χ2n) is 7.30. The van der Waals surface area contributed by atoms with E-state index in [1.807, 2.05) is 0 Å². The fourth-order valence-electron chi connectivity index (χ4n) is 4.10. The van der Waals surface area contributed by atoms with E-state index in [0.29, 0.717) is 6.04 Å². The first kappa shape index (κ1) is 15.8. The zero-order chi connectivity index (χ0) is 14.4. The van der Waals surface area contributed by atoms with E-state index in [1.54, 1.807) is 0 Å².